The summed E-state index contributed by atoms with van der Waals surface area (Å²) in [6, 6.07) is -0.876. The molecule has 0 spiro atoms. The number of thioether (sulfide) groups is 1. The Balaban J connectivity index is 0.00000243. The Morgan fingerprint density at radius 1 is 1.54 bits per heavy atom. The molecule has 3 N–H and O–H groups in total. The van der Waals surface area contributed by atoms with Crippen LogP contribution in [-0.4, -0.2) is 57.7 Å². The first kappa shape index (κ1) is 20.7. The SMILES string of the molecule is CO/N=C(\C(=O)N[C@@H]1C(=O)N2C(C(=O)[O-])=CCS[C@@H]12)c1csc(N)n1.[Na+]. The third-order valence-corrected chi connectivity index (χ3v) is 5.36. The van der Waals surface area contributed by atoms with Crippen LogP contribution in [-0.2, 0) is 19.2 Å². The van der Waals surface area contributed by atoms with Crippen LogP contribution in [0.15, 0.2) is 22.3 Å². The quantitative estimate of drug-likeness (QED) is 0.214. The van der Waals surface area contributed by atoms with E-state index in [0.717, 1.165) is 16.2 Å². The molecule has 1 aromatic rings. The molecule has 2 atom stereocenters. The molecule has 1 fully saturated rings. The summed E-state index contributed by atoms with van der Waals surface area (Å²) in [5.41, 5.74) is 5.46. The van der Waals surface area contributed by atoms with E-state index in [0.29, 0.717) is 5.75 Å². The molecule has 2 aliphatic heterocycles. The fraction of sp³-hybridized carbons (Fsp3) is 0.308. The van der Waals surface area contributed by atoms with E-state index in [4.69, 9.17) is 5.73 Å². The summed E-state index contributed by atoms with van der Waals surface area (Å²) in [5.74, 6) is -2.24. The second kappa shape index (κ2) is 8.39. The van der Waals surface area contributed by atoms with Crippen molar-refractivity contribution in [3.05, 3.63) is 22.8 Å². The first-order valence-electron chi connectivity index (χ1n) is 6.93. The summed E-state index contributed by atoms with van der Waals surface area (Å²) in [5, 5.41) is 18.5. The fourth-order valence-corrected chi connectivity index (χ4v) is 4.17. The van der Waals surface area contributed by atoms with Crippen LogP contribution in [0, 0.1) is 0 Å². The van der Waals surface area contributed by atoms with Crippen molar-refractivity contribution < 1.29 is 53.9 Å². The van der Waals surface area contributed by atoms with Gasteiger partial charge in [0.15, 0.2) is 10.8 Å². The predicted molar refractivity (Wildman–Crippen MR) is 88.2 cm³/mol. The van der Waals surface area contributed by atoms with Gasteiger partial charge in [0.05, 0.1) is 11.7 Å². The van der Waals surface area contributed by atoms with Crippen LogP contribution < -0.4 is 45.7 Å². The molecule has 0 unspecified atom stereocenters. The first-order valence-corrected chi connectivity index (χ1v) is 8.86. The Kier molecular flexibility index (Phi) is 6.69. The number of carboxylic acids is 1. The van der Waals surface area contributed by atoms with Crippen LogP contribution >= 0.6 is 23.1 Å². The van der Waals surface area contributed by atoms with Gasteiger partial charge in [-0.15, -0.1) is 23.1 Å². The standard InChI is InChI=1S/C13H13N5O5S2.Na/c1-23-17-7(5-4-25-13(14)15-5)9(19)16-8-10(20)18-6(12(21)22)2-3-24-11(8)18;/h2,4,8,11H,3H2,1H3,(H2,14,15)(H,16,19)(H,21,22);/q;+1/p-1/b17-7-;/t8-,11+;/m1./s1. The summed E-state index contributed by atoms with van der Waals surface area (Å²) in [7, 11) is 1.27. The number of fused-ring (bicyclic) bond motifs is 1. The molecule has 0 aliphatic carbocycles. The van der Waals surface area contributed by atoms with Gasteiger partial charge in [-0.25, -0.2) is 4.98 Å². The number of oxime groups is 1. The Labute approximate surface area is 178 Å². The van der Waals surface area contributed by atoms with E-state index in [9.17, 15) is 19.5 Å². The number of carbonyl (C=O) groups excluding carboxylic acids is 3. The molecular formula is C13H12N5NaO5S2. The van der Waals surface area contributed by atoms with Gasteiger partial charge >= 0.3 is 29.6 Å². The molecule has 0 saturated carbocycles. The van der Waals surface area contributed by atoms with Gasteiger partial charge in [-0.2, -0.15) is 0 Å². The largest absolute Gasteiger partial charge is 1.00 e. The molecule has 3 heterocycles. The number of thiazole rings is 1. The van der Waals surface area contributed by atoms with E-state index >= 15 is 0 Å². The predicted octanol–water partition coefficient (Wildman–Crippen LogP) is -4.89. The Bertz CT molecular complexity index is 811. The van der Waals surface area contributed by atoms with Gasteiger partial charge < -0.3 is 25.8 Å². The zero-order chi connectivity index (χ0) is 18.1. The van der Waals surface area contributed by atoms with Crippen LogP contribution in [0.3, 0.4) is 0 Å². The molecular weight excluding hydrogens is 393 g/mol. The number of nitrogen functional groups attached to an aromatic ring is 1. The number of nitrogens with zero attached hydrogens (tertiary/aromatic N) is 3. The Hall–Kier alpha value is -1.60. The third kappa shape index (κ3) is 3.74. The monoisotopic (exact) mass is 405 g/mol. The van der Waals surface area contributed by atoms with E-state index < -0.39 is 29.2 Å². The van der Waals surface area contributed by atoms with E-state index in [1.165, 1.54) is 30.3 Å². The molecule has 1 saturated heterocycles. The van der Waals surface area contributed by atoms with Crippen molar-refractivity contribution in [3.8, 4) is 0 Å². The smallest absolute Gasteiger partial charge is 0.543 e. The Morgan fingerprint density at radius 2 is 2.27 bits per heavy atom. The maximum atomic E-state index is 12.5. The molecule has 26 heavy (non-hydrogen) atoms. The zero-order valence-electron chi connectivity index (χ0n) is 13.8. The number of hydrogen-bond acceptors (Lipinski definition) is 10. The average molecular weight is 405 g/mol. The number of carboxylic acid groups (broad SMARTS) is 1. The summed E-state index contributed by atoms with van der Waals surface area (Å²) in [4.78, 5) is 45.5. The number of aliphatic carboxylic acids is 1. The summed E-state index contributed by atoms with van der Waals surface area (Å²) in [6.45, 7) is 0. The maximum absolute atomic E-state index is 12.5. The van der Waals surface area contributed by atoms with Gasteiger partial charge in [-0.05, 0) is 6.08 Å². The Morgan fingerprint density at radius 3 is 2.85 bits per heavy atom. The van der Waals surface area contributed by atoms with Gasteiger partial charge in [-0.1, -0.05) is 5.16 Å². The minimum absolute atomic E-state index is 0. The normalized spacial score (nSPS) is 21.7. The second-order valence-electron chi connectivity index (χ2n) is 4.95. The molecule has 2 aliphatic rings. The fourth-order valence-electron chi connectivity index (χ4n) is 2.43. The van der Waals surface area contributed by atoms with Gasteiger partial charge in [-0.3, -0.25) is 14.5 Å². The van der Waals surface area contributed by atoms with E-state index in [1.807, 2.05) is 0 Å². The number of β-lactam (4-membered cyclic amide) rings is 1. The van der Waals surface area contributed by atoms with E-state index in [1.54, 1.807) is 0 Å². The number of anilines is 1. The molecule has 10 nitrogen and oxygen atoms in total. The summed E-state index contributed by atoms with van der Waals surface area (Å²) < 4.78 is 0. The van der Waals surface area contributed by atoms with Crippen molar-refractivity contribution in [2.24, 2.45) is 5.16 Å². The van der Waals surface area contributed by atoms with Crippen LogP contribution in [0.25, 0.3) is 0 Å². The molecule has 1 aromatic heterocycles. The van der Waals surface area contributed by atoms with Crippen LogP contribution in [0.4, 0.5) is 5.13 Å². The third-order valence-electron chi connectivity index (χ3n) is 3.50. The van der Waals surface area contributed by atoms with Crippen molar-refractivity contribution in [3.63, 3.8) is 0 Å². The van der Waals surface area contributed by atoms with Crippen LogP contribution in [0.2, 0.25) is 0 Å². The minimum atomic E-state index is -1.43. The van der Waals surface area contributed by atoms with Gasteiger partial charge in [0, 0.05) is 11.1 Å². The van der Waals surface area contributed by atoms with Crippen molar-refractivity contribution in [2.75, 3.05) is 18.6 Å². The number of aromatic nitrogens is 1. The maximum Gasteiger partial charge on any atom is 1.00 e. The summed E-state index contributed by atoms with van der Waals surface area (Å²) in [6.07, 6.45) is 1.41. The number of nitrogens with one attached hydrogen (secondary N) is 1. The molecule has 0 bridgehead atoms. The molecule has 2 amide bonds. The van der Waals surface area contributed by atoms with E-state index in [-0.39, 0.29) is 51.8 Å². The van der Waals surface area contributed by atoms with Gasteiger partial charge in [0.2, 0.25) is 0 Å². The number of rotatable bonds is 5. The van der Waals surface area contributed by atoms with Crippen LogP contribution in [0.5, 0.6) is 0 Å². The van der Waals surface area contributed by atoms with Crippen molar-refractivity contribution in [1.82, 2.24) is 15.2 Å². The first-order chi connectivity index (χ1) is 11.9. The van der Waals surface area contributed by atoms with Crippen molar-refractivity contribution in [2.45, 2.75) is 11.4 Å². The molecule has 3 rings (SSSR count). The molecule has 0 aromatic carbocycles. The van der Waals surface area contributed by atoms with Crippen LogP contribution in [0.1, 0.15) is 5.69 Å². The molecule has 0 radical (unpaired) electrons. The van der Waals surface area contributed by atoms with Crippen molar-refractivity contribution in [1.29, 1.82) is 0 Å². The average Bonchev–Trinajstić information content (AvgIpc) is 3.02. The van der Waals surface area contributed by atoms with Gasteiger partial charge in [0.25, 0.3) is 11.8 Å². The number of carbonyl (C=O) groups is 3. The zero-order valence-corrected chi connectivity index (χ0v) is 17.4. The second-order valence-corrected chi connectivity index (χ2v) is 6.99. The minimum Gasteiger partial charge on any atom is -0.543 e. The molecule has 132 valence electrons. The topological polar surface area (TPSA) is 150 Å². The van der Waals surface area contributed by atoms with E-state index in [2.05, 4.69) is 20.3 Å². The van der Waals surface area contributed by atoms with Crippen molar-refractivity contribution >= 4 is 51.7 Å². The number of hydrogen-bond donors (Lipinski definition) is 2. The molecule has 13 heteroatoms. The number of amides is 2. The van der Waals surface area contributed by atoms with Gasteiger partial charge in [0.1, 0.15) is 24.2 Å². The number of nitrogens with two attached hydrogens (primary N) is 1. The summed E-state index contributed by atoms with van der Waals surface area (Å²) >= 11 is 2.46.